The second kappa shape index (κ2) is 12.7. The third-order valence-electron chi connectivity index (χ3n) is 7.01. The average Bonchev–Trinajstić information content (AvgIpc) is 3.22. The molecule has 196 valence electrons. The molecule has 0 saturated heterocycles. The molecule has 1 fully saturated rings. The number of rotatable bonds is 15. The molecule has 0 radical (unpaired) electrons. The van der Waals surface area contributed by atoms with E-state index in [0.29, 0.717) is 24.4 Å². The average molecular weight is 508 g/mol. The lowest BCUT2D eigenvalue weighted by atomic mass is 9.86. The van der Waals surface area contributed by atoms with Gasteiger partial charge in [0, 0.05) is 31.7 Å². The predicted octanol–water partition coefficient (Wildman–Crippen LogP) is 4.23. The first-order valence-corrected chi connectivity index (χ1v) is 14.6. The van der Waals surface area contributed by atoms with E-state index in [4.69, 9.17) is 4.74 Å². The number of hydrogen-bond donors (Lipinski definition) is 1. The first-order chi connectivity index (χ1) is 16.8. The third kappa shape index (κ3) is 7.39. The molecule has 2 aromatic rings. The second-order valence-corrected chi connectivity index (χ2v) is 11.6. The zero-order valence-corrected chi connectivity index (χ0v) is 22.4. The second-order valence-electron chi connectivity index (χ2n) is 9.69. The minimum absolute atomic E-state index is 0.0328. The van der Waals surface area contributed by atoms with E-state index in [0.717, 1.165) is 36.9 Å². The van der Waals surface area contributed by atoms with Crippen LogP contribution >= 0.6 is 0 Å². The highest BCUT2D eigenvalue weighted by molar-refractivity contribution is 7.89. The molecule has 0 unspecified atom stereocenters. The van der Waals surface area contributed by atoms with Crippen molar-refractivity contribution < 1.29 is 17.9 Å². The van der Waals surface area contributed by atoms with Crippen LogP contribution in [0.15, 0.2) is 18.6 Å². The summed E-state index contributed by atoms with van der Waals surface area (Å²) in [4.78, 5) is 23.3. The van der Waals surface area contributed by atoms with Gasteiger partial charge in [0.05, 0.1) is 11.1 Å². The third-order valence-corrected chi connectivity index (χ3v) is 8.65. The molecular weight excluding hydrogens is 466 g/mol. The number of ether oxygens (including phenoxy) is 1. The molecule has 10 heteroatoms. The number of fused-ring (bicyclic) bond motifs is 1. The van der Waals surface area contributed by atoms with Crippen LogP contribution < -0.4 is 9.62 Å². The van der Waals surface area contributed by atoms with Crippen LogP contribution in [0, 0.1) is 5.92 Å². The molecule has 0 amide bonds. The summed E-state index contributed by atoms with van der Waals surface area (Å²) < 4.78 is 34.2. The normalized spacial score (nSPS) is 18.9. The molecule has 1 aliphatic carbocycles. The van der Waals surface area contributed by atoms with E-state index in [1.165, 1.54) is 25.6 Å². The molecule has 0 spiro atoms. The van der Waals surface area contributed by atoms with Gasteiger partial charge in [-0.2, -0.15) is 0 Å². The van der Waals surface area contributed by atoms with E-state index in [1.54, 1.807) is 0 Å². The van der Waals surface area contributed by atoms with Gasteiger partial charge in [-0.1, -0.05) is 46.5 Å². The van der Waals surface area contributed by atoms with Crippen molar-refractivity contribution in [1.29, 1.82) is 0 Å². The fourth-order valence-corrected chi connectivity index (χ4v) is 6.07. The Bertz CT molecular complexity index is 1060. The van der Waals surface area contributed by atoms with Crippen molar-refractivity contribution in [2.24, 2.45) is 5.92 Å². The molecule has 1 aliphatic rings. The van der Waals surface area contributed by atoms with E-state index >= 15 is 0 Å². The summed E-state index contributed by atoms with van der Waals surface area (Å²) in [6.45, 7) is 6.36. The Hall–Kier alpha value is -2.20. The van der Waals surface area contributed by atoms with Gasteiger partial charge in [0.15, 0.2) is 6.73 Å². The molecule has 1 atom stereocenters. The largest absolute Gasteiger partial charge is 0.444 e. The highest BCUT2D eigenvalue weighted by atomic mass is 32.2. The van der Waals surface area contributed by atoms with Crippen LogP contribution in [0.4, 0.5) is 5.82 Å². The lowest BCUT2D eigenvalue weighted by molar-refractivity contribution is -0.147. The van der Waals surface area contributed by atoms with Crippen LogP contribution in [0.25, 0.3) is 11.0 Å². The monoisotopic (exact) mass is 507 g/mol. The molecule has 3 rings (SSSR count). The number of carbonyl (C=O) groups is 1. The Morgan fingerprint density at radius 1 is 1.23 bits per heavy atom. The summed E-state index contributed by atoms with van der Waals surface area (Å²) in [5.74, 6) is 1.35. The van der Waals surface area contributed by atoms with Crippen LogP contribution in [0.1, 0.15) is 78.6 Å². The van der Waals surface area contributed by atoms with Crippen LogP contribution in [0.5, 0.6) is 0 Å². The first kappa shape index (κ1) is 27.4. The number of unbranched alkanes of at least 4 members (excludes halogenated alkanes) is 1. The summed E-state index contributed by atoms with van der Waals surface area (Å²) in [6, 6.07) is 2.10. The molecule has 0 aliphatic heterocycles. The van der Waals surface area contributed by atoms with Gasteiger partial charge < -0.3 is 9.64 Å². The van der Waals surface area contributed by atoms with E-state index < -0.39 is 10.0 Å². The van der Waals surface area contributed by atoms with Gasteiger partial charge in [0.2, 0.25) is 10.0 Å². The summed E-state index contributed by atoms with van der Waals surface area (Å²) in [6.07, 6.45) is 11.4. The molecule has 1 saturated carbocycles. The Morgan fingerprint density at radius 2 is 2.00 bits per heavy atom. The van der Waals surface area contributed by atoms with Gasteiger partial charge in [-0.05, 0) is 37.7 Å². The lowest BCUT2D eigenvalue weighted by Gasteiger charge is -2.41. The molecule has 9 nitrogen and oxygen atoms in total. The summed E-state index contributed by atoms with van der Waals surface area (Å²) in [5.41, 5.74) is 0.712. The summed E-state index contributed by atoms with van der Waals surface area (Å²) in [7, 11) is -1.23. The number of hydrogen-bond acceptors (Lipinski definition) is 7. The highest BCUT2D eigenvalue weighted by Crippen LogP contribution is 2.32. The predicted molar refractivity (Wildman–Crippen MR) is 139 cm³/mol. The van der Waals surface area contributed by atoms with Crippen molar-refractivity contribution in [3.63, 3.8) is 0 Å². The van der Waals surface area contributed by atoms with Gasteiger partial charge in [-0.15, -0.1) is 0 Å². The smallest absolute Gasteiger partial charge is 0.307 e. The molecule has 0 bridgehead atoms. The fraction of sp³-hybridized carbons (Fsp3) is 0.720. The minimum Gasteiger partial charge on any atom is -0.444 e. The first-order valence-electron chi connectivity index (χ1n) is 13.0. The molecule has 1 N–H and O–H groups in total. The molecule has 2 aromatic heterocycles. The Morgan fingerprint density at radius 3 is 2.69 bits per heavy atom. The maximum Gasteiger partial charge on any atom is 0.307 e. The number of nitrogens with zero attached hydrogens (tertiary/aromatic N) is 4. The van der Waals surface area contributed by atoms with Crippen molar-refractivity contribution in [3.05, 3.63) is 18.6 Å². The topological polar surface area (TPSA) is 106 Å². The Kier molecular flexibility index (Phi) is 9.91. The summed E-state index contributed by atoms with van der Waals surface area (Å²) in [5, 5.41) is 0.881. The maximum absolute atomic E-state index is 12.3. The molecule has 2 heterocycles. The Labute approximate surface area is 209 Å². The number of nitrogens with one attached hydrogen (secondary N) is 1. The van der Waals surface area contributed by atoms with Crippen LogP contribution in [0.3, 0.4) is 0 Å². The zero-order valence-electron chi connectivity index (χ0n) is 21.6. The Balaban J connectivity index is 1.55. The fourth-order valence-electron chi connectivity index (χ4n) is 4.71. The van der Waals surface area contributed by atoms with Crippen molar-refractivity contribution in [3.8, 4) is 0 Å². The van der Waals surface area contributed by atoms with Crippen LogP contribution in [-0.2, 0) is 26.3 Å². The van der Waals surface area contributed by atoms with Crippen molar-refractivity contribution in [2.45, 2.75) is 97.4 Å². The maximum atomic E-state index is 12.3. The summed E-state index contributed by atoms with van der Waals surface area (Å²) >= 11 is 0. The van der Waals surface area contributed by atoms with Crippen molar-refractivity contribution in [2.75, 3.05) is 17.7 Å². The number of sulfonamides is 1. The van der Waals surface area contributed by atoms with E-state index in [2.05, 4.69) is 33.4 Å². The number of anilines is 1. The SMILES string of the molecule is CCCC[C@H](CC)CCC(=O)OCn1ccc2c(N(C)C3CC(NS(=O)(=O)CCC)C3)ncnc21. The van der Waals surface area contributed by atoms with Gasteiger partial charge >= 0.3 is 5.97 Å². The number of esters is 1. The highest BCUT2D eigenvalue weighted by Gasteiger charge is 2.35. The molecular formula is C25H41N5O4S. The van der Waals surface area contributed by atoms with Crippen molar-refractivity contribution in [1.82, 2.24) is 19.3 Å². The van der Waals surface area contributed by atoms with Gasteiger partial charge in [-0.25, -0.2) is 23.1 Å². The molecule has 0 aromatic carbocycles. The quantitative estimate of drug-likeness (QED) is 0.360. The van der Waals surface area contributed by atoms with Gasteiger partial charge in [0.1, 0.15) is 17.8 Å². The van der Waals surface area contributed by atoms with E-state index in [1.807, 2.05) is 30.8 Å². The molecule has 35 heavy (non-hydrogen) atoms. The van der Waals surface area contributed by atoms with Crippen LogP contribution in [0.2, 0.25) is 0 Å². The number of carbonyl (C=O) groups excluding carboxylic acids is 1. The minimum atomic E-state index is -3.20. The lowest BCUT2D eigenvalue weighted by Crippen LogP contribution is -2.53. The van der Waals surface area contributed by atoms with E-state index in [9.17, 15) is 13.2 Å². The van der Waals surface area contributed by atoms with Gasteiger partial charge in [0.25, 0.3) is 0 Å². The zero-order chi connectivity index (χ0) is 25.4. The van der Waals surface area contributed by atoms with Crippen molar-refractivity contribution >= 4 is 32.8 Å². The van der Waals surface area contributed by atoms with Gasteiger partial charge in [-0.3, -0.25) is 9.36 Å². The number of aromatic nitrogens is 3. The van der Waals surface area contributed by atoms with E-state index in [-0.39, 0.29) is 30.5 Å². The standard InChI is InChI=1S/C25H41N5O4S/c1-5-8-9-19(7-3)10-11-23(31)34-18-30-13-12-22-24(26-17-27-25(22)30)29(4)21-15-20(16-21)28-35(32,33)14-6-2/h12-13,17,19-21,28H,5-11,14-16,18H2,1-4H3/t19-,20?,21?/m0/s1. The van der Waals surface area contributed by atoms with Crippen LogP contribution in [-0.4, -0.2) is 53.8 Å².